The van der Waals surface area contributed by atoms with Crippen molar-refractivity contribution in [2.45, 2.75) is 19.3 Å². The standard InChI is InChI=1S/C27H22F2N4O2/c1-34-24-7-3-6-19(27(24)35-16-17-4-2-5-17)9-11-26-32-22-12-20(28)21(29)13-23(22)33(26)25-10-8-18(14-30)15-31-25/h3,6-13,15,17H,2,4-5,16H2,1H3. The van der Waals surface area contributed by atoms with E-state index in [9.17, 15) is 8.78 Å². The quantitative estimate of drug-likeness (QED) is 0.333. The fourth-order valence-corrected chi connectivity index (χ4v) is 4.03. The summed E-state index contributed by atoms with van der Waals surface area (Å²) in [6.07, 6.45) is 8.54. The predicted octanol–water partition coefficient (Wildman–Crippen LogP) is 5.93. The molecule has 0 saturated heterocycles. The molecule has 35 heavy (non-hydrogen) atoms. The molecule has 1 saturated carbocycles. The Morgan fingerprint density at radius 1 is 1.14 bits per heavy atom. The Morgan fingerprint density at radius 2 is 1.97 bits per heavy atom. The Morgan fingerprint density at radius 3 is 2.66 bits per heavy atom. The lowest BCUT2D eigenvalue weighted by Crippen LogP contribution is -2.19. The van der Waals surface area contributed by atoms with Gasteiger partial charge < -0.3 is 9.47 Å². The van der Waals surface area contributed by atoms with E-state index in [0.717, 1.165) is 30.5 Å². The molecule has 1 fully saturated rings. The van der Waals surface area contributed by atoms with E-state index in [4.69, 9.17) is 14.7 Å². The van der Waals surface area contributed by atoms with Gasteiger partial charge in [-0.1, -0.05) is 18.6 Å². The highest BCUT2D eigenvalue weighted by Crippen LogP contribution is 2.35. The lowest BCUT2D eigenvalue weighted by molar-refractivity contribution is 0.175. The van der Waals surface area contributed by atoms with E-state index in [2.05, 4.69) is 9.97 Å². The topological polar surface area (TPSA) is 73.0 Å². The summed E-state index contributed by atoms with van der Waals surface area (Å²) in [5, 5.41) is 9.10. The zero-order valence-corrected chi connectivity index (χ0v) is 19.0. The lowest BCUT2D eigenvalue weighted by Gasteiger charge is -2.26. The number of ether oxygens (including phenoxy) is 2. The van der Waals surface area contributed by atoms with Crippen LogP contribution in [0.5, 0.6) is 11.5 Å². The number of hydrogen-bond acceptors (Lipinski definition) is 5. The van der Waals surface area contributed by atoms with Gasteiger partial charge in [0.05, 0.1) is 30.3 Å². The molecule has 1 aliphatic carbocycles. The van der Waals surface area contributed by atoms with Gasteiger partial charge in [-0.2, -0.15) is 5.26 Å². The summed E-state index contributed by atoms with van der Waals surface area (Å²) in [7, 11) is 1.60. The zero-order chi connectivity index (χ0) is 24.4. The zero-order valence-electron chi connectivity index (χ0n) is 19.0. The highest BCUT2D eigenvalue weighted by molar-refractivity contribution is 5.82. The monoisotopic (exact) mass is 472 g/mol. The molecule has 8 heteroatoms. The Balaban J connectivity index is 1.58. The number of imidazole rings is 1. The van der Waals surface area contributed by atoms with Crippen LogP contribution in [0.1, 0.15) is 36.2 Å². The first-order valence-corrected chi connectivity index (χ1v) is 11.3. The van der Waals surface area contributed by atoms with E-state index in [-0.39, 0.29) is 5.52 Å². The van der Waals surface area contributed by atoms with Crippen LogP contribution >= 0.6 is 0 Å². The van der Waals surface area contributed by atoms with Gasteiger partial charge in [0.25, 0.3) is 0 Å². The number of nitrogens with zero attached hydrogens (tertiary/aromatic N) is 4. The van der Waals surface area contributed by atoms with Crippen LogP contribution in [0, 0.1) is 28.9 Å². The van der Waals surface area contributed by atoms with Gasteiger partial charge in [0.15, 0.2) is 23.1 Å². The molecule has 4 aromatic rings. The van der Waals surface area contributed by atoms with Crippen molar-refractivity contribution >= 4 is 23.2 Å². The van der Waals surface area contributed by atoms with Crippen molar-refractivity contribution in [3.63, 3.8) is 0 Å². The van der Waals surface area contributed by atoms with E-state index in [1.165, 1.54) is 12.6 Å². The van der Waals surface area contributed by atoms with E-state index < -0.39 is 11.6 Å². The molecule has 0 unspecified atom stereocenters. The van der Waals surface area contributed by atoms with E-state index >= 15 is 0 Å². The van der Waals surface area contributed by atoms with Crippen molar-refractivity contribution < 1.29 is 18.3 Å². The molecule has 5 rings (SSSR count). The molecule has 0 amide bonds. The van der Waals surface area contributed by atoms with Gasteiger partial charge in [0, 0.05) is 23.9 Å². The number of pyridine rings is 1. The van der Waals surface area contributed by atoms with Gasteiger partial charge in [-0.3, -0.25) is 4.57 Å². The van der Waals surface area contributed by atoms with Crippen LogP contribution in [-0.2, 0) is 0 Å². The van der Waals surface area contributed by atoms with Gasteiger partial charge in [0.1, 0.15) is 17.7 Å². The molecule has 1 aliphatic rings. The number of halogens is 2. The molecule has 0 bridgehead atoms. The van der Waals surface area contributed by atoms with Crippen molar-refractivity contribution in [3.05, 3.63) is 77.2 Å². The molecule has 0 N–H and O–H groups in total. The van der Waals surface area contributed by atoms with Crippen molar-refractivity contribution in [2.24, 2.45) is 5.92 Å². The third-order valence-corrected chi connectivity index (χ3v) is 6.16. The Hall–Kier alpha value is -4.25. The summed E-state index contributed by atoms with van der Waals surface area (Å²) in [6.45, 7) is 0.618. The average molecular weight is 472 g/mol. The first kappa shape index (κ1) is 22.5. The Labute approximate surface area is 201 Å². The molecule has 176 valence electrons. The molecule has 6 nitrogen and oxygen atoms in total. The lowest BCUT2D eigenvalue weighted by atomic mass is 9.86. The SMILES string of the molecule is COc1cccc(C=Cc2nc3cc(F)c(F)cc3n2-c2ccc(C#N)cn2)c1OCC1CCC1. The van der Waals surface area contributed by atoms with Crippen LogP contribution < -0.4 is 9.47 Å². The van der Waals surface area contributed by atoms with Crippen LogP contribution in [0.15, 0.2) is 48.7 Å². The second-order valence-electron chi connectivity index (χ2n) is 8.40. The first-order valence-electron chi connectivity index (χ1n) is 11.3. The molecule has 2 aromatic heterocycles. The summed E-state index contributed by atoms with van der Waals surface area (Å²) in [5.74, 6) is 0.673. The van der Waals surface area contributed by atoms with E-state index in [1.807, 2.05) is 30.3 Å². The molecule has 0 atom stereocenters. The molecular formula is C27H22F2N4O2. The van der Waals surface area contributed by atoms with Crippen LogP contribution in [0.25, 0.3) is 29.0 Å². The van der Waals surface area contributed by atoms with Gasteiger partial charge in [-0.15, -0.1) is 0 Å². The maximum Gasteiger partial charge on any atom is 0.168 e. The number of methoxy groups -OCH3 is 1. The highest BCUT2D eigenvalue weighted by Gasteiger charge is 2.20. The fourth-order valence-electron chi connectivity index (χ4n) is 4.03. The van der Waals surface area contributed by atoms with Crippen LogP contribution in [0.2, 0.25) is 0 Å². The second-order valence-corrected chi connectivity index (χ2v) is 8.40. The minimum Gasteiger partial charge on any atom is -0.493 e. The van der Waals surface area contributed by atoms with Crippen molar-refractivity contribution in [1.29, 1.82) is 5.26 Å². The van der Waals surface area contributed by atoms with Crippen LogP contribution in [0.3, 0.4) is 0 Å². The van der Waals surface area contributed by atoms with Gasteiger partial charge in [-0.25, -0.2) is 18.7 Å². The number of benzene rings is 2. The largest absolute Gasteiger partial charge is 0.493 e. The van der Waals surface area contributed by atoms with Crippen molar-refractivity contribution in [3.8, 4) is 23.4 Å². The maximum atomic E-state index is 14.1. The predicted molar refractivity (Wildman–Crippen MR) is 128 cm³/mol. The third-order valence-electron chi connectivity index (χ3n) is 6.16. The van der Waals surface area contributed by atoms with Gasteiger partial charge >= 0.3 is 0 Å². The van der Waals surface area contributed by atoms with Crippen molar-refractivity contribution in [1.82, 2.24) is 14.5 Å². The molecule has 0 radical (unpaired) electrons. The molecule has 2 heterocycles. The van der Waals surface area contributed by atoms with E-state index in [0.29, 0.717) is 46.7 Å². The highest BCUT2D eigenvalue weighted by atomic mass is 19.2. The molecular weight excluding hydrogens is 450 g/mol. The molecule has 2 aromatic carbocycles. The summed E-state index contributed by atoms with van der Waals surface area (Å²) in [5.41, 5.74) is 1.80. The minimum absolute atomic E-state index is 0.279. The maximum absolute atomic E-state index is 14.1. The summed E-state index contributed by atoms with van der Waals surface area (Å²) in [6, 6.07) is 13.0. The number of hydrogen-bond donors (Lipinski definition) is 0. The second kappa shape index (κ2) is 9.55. The number of aromatic nitrogens is 3. The van der Waals surface area contributed by atoms with E-state index in [1.54, 1.807) is 29.9 Å². The number of rotatable bonds is 7. The van der Waals surface area contributed by atoms with Crippen molar-refractivity contribution in [2.75, 3.05) is 13.7 Å². The van der Waals surface area contributed by atoms with Crippen LogP contribution in [-0.4, -0.2) is 28.3 Å². The number of fused-ring (bicyclic) bond motifs is 1. The fraction of sp³-hybridized carbons (Fsp3) is 0.222. The van der Waals surface area contributed by atoms with Gasteiger partial charge in [0.2, 0.25) is 0 Å². The summed E-state index contributed by atoms with van der Waals surface area (Å²) >= 11 is 0. The smallest absolute Gasteiger partial charge is 0.168 e. The Kier molecular flexibility index (Phi) is 6.15. The Bertz CT molecular complexity index is 1450. The van der Waals surface area contributed by atoms with Crippen LogP contribution in [0.4, 0.5) is 8.78 Å². The van der Waals surface area contributed by atoms with Gasteiger partial charge in [-0.05, 0) is 49.1 Å². The minimum atomic E-state index is -0.984. The summed E-state index contributed by atoms with van der Waals surface area (Å²) < 4.78 is 41.3. The number of nitriles is 1. The average Bonchev–Trinajstić information content (AvgIpc) is 3.19. The first-order chi connectivity index (χ1) is 17.1. The number of para-hydroxylation sites is 1. The molecule has 0 spiro atoms. The third kappa shape index (κ3) is 4.45. The normalized spacial score (nSPS) is 13.7. The summed E-state index contributed by atoms with van der Waals surface area (Å²) in [4.78, 5) is 8.84. The molecule has 0 aliphatic heterocycles.